The highest BCUT2D eigenvalue weighted by Gasteiger charge is 2.23. The summed E-state index contributed by atoms with van der Waals surface area (Å²) in [5.74, 6) is 0.377. The van der Waals surface area contributed by atoms with Crippen LogP contribution in [0.25, 0.3) is 10.9 Å². The van der Waals surface area contributed by atoms with E-state index in [1.165, 1.54) is 5.56 Å². The number of carbonyl (C=O) groups excluding carboxylic acids is 2. The van der Waals surface area contributed by atoms with Crippen LogP contribution in [0, 0.1) is 12.8 Å². The first kappa shape index (κ1) is 23.4. The summed E-state index contributed by atoms with van der Waals surface area (Å²) >= 11 is 0. The van der Waals surface area contributed by atoms with Crippen molar-refractivity contribution in [2.75, 3.05) is 13.2 Å². The van der Waals surface area contributed by atoms with E-state index in [0.717, 1.165) is 35.1 Å². The maximum Gasteiger partial charge on any atom is 0.242 e. The zero-order valence-electron chi connectivity index (χ0n) is 19.1. The fourth-order valence-electron chi connectivity index (χ4n) is 3.45. The van der Waals surface area contributed by atoms with Crippen LogP contribution in [-0.2, 0) is 16.0 Å². The molecule has 3 aromatic rings. The Bertz CT molecular complexity index is 1020. The van der Waals surface area contributed by atoms with Gasteiger partial charge in [-0.05, 0) is 43.5 Å². The molecule has 2 amide bonds. The molecular formula is C26H33N3O3. The number of aryl methyl sites for hydroxylation is 1. The minimum atomic E-state index is -0.618. The fraction of sp³-hybridized carbons (Fsp3) is 0.385. The summed E-state index contributed by atoms with van der Waals surface area (Å²) in [4.78, 5) is 28.4. The SMILES string of the molecule is Cc1ccc(OCCCCNC(=O)C(Cc2c[nH]c3ccccc23)NC(=O)C(C)C)cc1. The Hall–Kier alpha value is -3.28. The van der Waals surface area contributed by atoms with Crippen LogP contribution in [0.1, 0.15) is 37.8 Å². The number of rotatable bonds is 11. The largest absolute Gasteiger partial charge is 0.494 e. The number of carbonyl (C=O) groups is 2. The minimum absolute atomic E-state index is 0.128. The van der Waals surface area contributed by atoms with Crippen molar-refractivity contribution in [3.63, 3.8) is 0 Å². The standard InChI is InChI=1S/C26H33N3O3/c1-18(2)25(30)29-24(16-20-17-28-23-9-5-4-8-22(20)23)26(31)27-14-6-7-15-32-21-12-10-19(3)11-13-21/h4-5,8-13,17-18,24,28H,6-7,14-16H2,1-3H3,(H,27,31)(H,29,30). The lowest BCUT2D eigenvalue weighted by Gasteiger charge is -2.19. The minimum Gasteiger partial charge on any atom is -0.494 e. The maximum absolute atomic E-state index is 12.9. The van der Waals surface area contributed by atoms with Crippen molar-refractivity contribution < 1.29 is 14.3 Å². The first-order valence-electron chi connectivity index (χ1n) is 11.3. The third-order valence-corrected chi connectivity index (χ3v) is 5.42. The van der Waals surface area contributed by atoms with Gasteiger partial charge in [-0.15, -0.1) is 0 Å². The molecule has 0 bridgehead atoms. The number of para-hydroxylation sites is 1. The van der Waals surface area contributed by atoms with Crippen molar-refractivity contribution in [3.05, 3.63) is 65.9 Å². The number of unbranched alkanes of at least 4 members (excludes halogenated alkanes) is 1. The number of ether oxygens (including phenoxy) is 1. The highest BCUT2D eigenvalue weighted by atomic mass is 16.5. The molecule has 6 heteroatoms. The van der Waals surface area contributed by atoms with Crippen molar-refractivity contribution in [2.45, 2.75) is 46.1 Å². The number of hydrogen-bond acceptors (Lipinski definition) is 3. The second-order valence-electron chi connectivity index (χ2n) is 8.44. The first-order chi connectivity index (χ1) is 15.4. The molecule has 1 unspecified atom stereocenters. The zero-order chi connectivity index (χ0) is 22.9. The molecule has 170 valence electrons. The molecule has 3 N–H and O–H groups in total. The Labute approximate surface area is 189 Å². The molecule has 0 aliphatic carbocycles. The van der Waals surface area contributed by atoms with Gasteiger partial charge in [-0.1, -0.05) is 49.7 Å². The van der Waals surface area contributed by atoms with Crippen molar-refractivity contribution in [2.24, 2.45) is 5.92 Å². The van der Waals surface area contributed by atoms with Crippen molar-refractivity contribution in [3.8, 4) is 5.75 Å². The molecule has 0 aliphatic rings. The van der Waals surface area contributed by atoms with E-state index in [1.807, 2.05) is 75.5 Å². The second-order valence-corrected chi connectivity index (χ2v) is 8.44. The Morgan fingerprint density at radius 1 is 1.00 bits per heavy atom. The quantitative estimate of drug-likeness (QED) is 0.396. The van der Waals surface area contributed by atoms with Gasteiger partial charge >= 0.3 is 0 Å². The molecule has 1 atom stereocenters. The highest BCUT2D eigenvalue weighted by molar-refractivity contribution is 5.90. The van der Waals surface area contributed by atoms with Gasteiger partial charge in [-0.3, -0.25) is 9.59 Å². The second kappa shape index (κ2) is 11.4. The van der Waals surface area contributed by atoms with E-state index < -0.39 is 6.04 Å². The molecule has 0 spiro atoms. The maximum atomic E-state index is 12.9. The summed E-state index contributed by atoms with van der Waals surface area (Å²) in [5, 5.41) is 6.95. The molecule has 0 saturated carbocycles. The predicted octanol–water partition coefficient (Wildman–Crippen LogP) is 4.14. The molecule has 1 aromatic heterocycles. The third kappa shape index (κ3) is 6.61. The van der Waals surface area contributed by atoms with Crippen molar-refractivity contribution in [1.29, 1.82) is 0 Å². The molecular weight excluding hydrogens is 402 g/mol. The third-order valence-electron chi connectivity index (χ3n) is 5.42. The number of aromatic nitrogens is 1. The van der Waals surface area contributed by atoms with Crippen LogP contribution >= 0.6 is 0 Å². The summed E-state index contributed by atoms with van der Waals surface area (Å²) in [5.41, 5.74) is 3.23. The van der Waals surface area contributed by atoms with Gasteiger partial charge in [0.25, 0.3) is 0 Å². The molecule has 1 heterocycles. The van der Waals surface area contributed by atoms with Crippen LogP contribution in [0.2, 0.25) is 0 Å². The van der Waals surface area contributed by atoms with E-state index in [1.54, 1.807) is 0 Å². The number of H-pyrrole nitrogens is 1. The van der Waals surface area contributed by atoms with Gasteiger partial charge in [0.15, 0.2) is 0 Å². The van der Waals surface area contributed by atoms with Gasteiger partial charge in [0.2, 0.25) is 11.8 Å². The zero-order valence-corrected chi connectivity index (χ0v) is 19.1. The van der Waals surface area contributed by atoms with E-state index in [-0.39, 0.29) is 17.7 Å². The predicted molar refractivity (Wildman–Crippen MR) is 128 cm³/mol. The van der Waals surface area contributed by atoms with Gasteiger partial charge in [0.05, 0.1) is 6.61 Å². The van der Waals surface area contributed by atoms with Crippen LogP contribution in [0.15, 0.2) is 54.7 Å². The van der Waals surface area contributed by atoms with E-state index in [9.17, 15) is 9.59 Å². The fourth-order valence-corrected chi connectivity index (χ4v) is 3.45. The average Bonchev–Trinajstić information content (AvgIpc) is 3.19. The number of benzene rings is 2. The Morgan fingerprint density at radius 3 is 2.50 bits per heavy atom. The van der Waals surface area contributed by atoms with Crippen molar-refractivity contribution in [1.82, 2.24) is 15.6 Å². The van der Waals surface area contributed by atoms with E-state index in [2.05, 4.69) is 15.6 Å². The lowest BCUT2D eigenvalue weighted by atomic mass is 10.0. The van der Waals surface area contributed by atoms with Gasteiger partial charge < -0.3 is 20.4 Å². The van der Waals surface area contributed by atoms with E-state index in [0.29, 0.717) is 19.6 Å². The molecule has 32 heavy (non-hydrogen) atoms. The summed E-state index contributed by atoms with van der Waals surface area (Å²) in [6.07, 6.45) is 3.98. The van der Waals surface area contributed by atoms with Gasteiger partial charge in [0, 0.05) is 36.0 Å². The van der Waals surface area contributed by atoms with Crippen LogP contribution in [0.4, 0.5) is 0 Å². The highest BCUT2D eigenvalue weighted by Crippen LogP contribution is 2.19. The molecule has 0 fully saturated rings. The van der Waals surface area contributed by atoms with E-state index in [4.69, 9.17) is 4.74 Å². The number of aromatic amines is 1. The number of fused-ring (bicyclic) bond motifs is 1. The average molecular weight is 436 g/mol. The number of hydrogen-bond donors (Lipinski definition) is 3. The van der Waals surface area contributed by atoms with Crippen LogP contribution in [0.3, 0.4) is 0 Å². The van der Waals surface area contributed by atoms with Gasteiger partial charge in [-0.2, -0.15) is 0 Å². The summed E-state index contributed by atoms with van der Waals surface area (Å²) in [6.45, 7) is 6.83. The number of nitrogens with one attached hydrogen (secondary N) is 3. The molecule has 3 rings (SSSR count). The summed E-state index contributed by atoms with van der Waals surface area (Å²) in [7, 11) is 0. The number of amides is 2. The monoisotopic (exact) mass is 435 g/mol. The lowest BCUT2D eigenvalue weighted by molar-refractivity contribution is -0.130. The van der Waals surface area contributed by atoms with Crippen molar-refractivity contribution >= 4 is 22.7 Å². The normalized spacial score (nSPS) is 12.0. The van der Waals surface area contributed by atoms with Gasteiger partial charge in [0.1, 0.15) is 11.8 Å². The van der Waals surface area contributed by atoms with E-state index >= 15 is 0 Å². The topological polar surface area (TPSA) is 83.2 Å². The van der Waals surface area contributed by atoms with Crippen LogP contribution in [0.5, 0.6) is 5.75 Å². The molecule has 0 aliphatic heterocycles. The summed E-state index contributed by atoms with van der Waals surface area (Å²) < 4.78 is 5.73. The Morgan fingerprint density at radius 2 is 1.75 bits per heavy atom. The van der Waals surface area contributed by atoms with Gasteiger partial charge in [-0.25, -0.2) is 0 Å². The molecule has 0 saturated heterocycles. The molecule has 0 radical (unpaired) electrons. The Balaban J connectivity index is 1.50. The van der Waals surface area contributed by atoms with Crippen LogP contribution < -0.4 is 15.4 Å². The molecule has 6 nitrogen and oxygen atoms in total. The molecule has 2 aromatic carbocycles. The van der Waals surface area contributed by atoms with Crippen LogP contribution in [-0.4, -0.2) is 36.0 Å². The Kier molecular flexibility index (Phi) is 8.31. The smallest absolute Gasteiger partial charge is 0.242 e. The lowest BCUT2D eigenvalue weighted by Crippen LogP contribution is -2.49. The summed E-state index contributed by atoms with van der Waals surface area (Å²) in [6, 6.07) is 15.3. The first-order valence-corrected chi connectivity index (χ1v) is 11.3.